The van der Waals surface area contributed by atoms with Gasteiger partial charge in [-0.1, -0.05) is 42.1 Å². The SMILES string of the molecule is CSc1nc(NCC2CCCO2)c(C#N)c(-c2ccccc2)n1. The Hall–Kier alpha value is -2.10. The molecule has 1 aromatic carbocycles. The summed E-state index contributed by atoms with van der Waals surface area (Å²) in [6, 6.07) is 12.0. The lowest BCUT2D eigenvalue weighted by Gasteiger charge is -2.14. The summed E-state index contributed by atoms with van der Waals surface area (Å²) < 4.78 is 5.63. The highest BCUT2D eigenvalue weighted by Crippen LogP contribution is 2.28. The largest absolute Gasteiger partial charge is 0.376 e. The fourth-order valence-corrected chi connectivity index (χ4v) is 2.95. The Kier molecular flexibility index (Phi) is 5.11. The van der Waals surface area contributed by atoms with Gasteiger partial charge in [-0.05, 0) is 19.1 Å². The summed E-state index contributed by atoms with van der Waals surface area (Å²) in [6.07, 6.45) is 4.25. The van der Waals surface area contributed by atoms with Gasteiger partial charge < -0.3 is 10.1 Å². The van der Waals surface area contributed by atoms with Crippen LogP contribution in [0.5, 0.6) is 0 Å². The maximum Gasteiger partial charge on any atom is 0.189 e. The minimum absolute atomic E-state index is 0.189. The van der Waals surface area contributed by atoms with Crippen molar-refractivity contribution in [2.75, 3.05) is 24.7 Å². The zero-order valence-electron chi connectivity index (χ0n) is 13.0. The number of hydrogen-bond acceptors (Lipinski definition) is 6. The maximum absolute atomic E-state index is 9.61. The summed E-state index contributed by atoms with van der Waals surface area (Å²) >= 11 is 1.47. The van der Waals surface area contributed by atoms with Crippen molar-refractivity contribution >= 4 is 17.6 Å². The molecule has 1 aliphatic heterocycles. The van der Waals surface area contributed by atoms with E-state index in [1.165, 1.54) is 11.8 Å². The van der Waals surface area contributed by atoms with Gasteiger partial charge in [-0.3, -0.25) is 0 Å². The van der Waals surface area contributed by atoms with Crippen LogP contribution in [0.1, 0.15) is 18.4 Å². The van der Waals surface area contributed by atoms with E-state index in [9.17, 15) is 5.26 Å². The van der Waals surface area contributed by atoms with Crippen molar-refractivity contribution in [2.45, 2.75) is 24.1 Å². The lowest BCUT2D eigenvalue weighted by Crippen LogP contribution is -2.20. The Labute approximate surface area is 140 Å². The van der Waals surface area contributed by atoms with Gasteiger partial charge in [0, 0.05) is 18.7 Å². The van der Waals surface area contributed by atoms with E-state index in [0.29, 0.717) is 28.8 Å². The van der Waals surface area contributed by atoms with Crippen LogP contribution in [0.15, 0.2) is 35.5 Å². The molecule has 1 unspecified atom stereocenters. The van der Waals surface area contributed by atoms with Crippen LogP contribution in [-0.4, -0.2) is 35.5 Å². The number of hydrogen-bond donors (Lipinski definition) is 1. The number of rotatable bonds is 5. The molecule has 1 atom stereocenters. The molecule has 0 spiro atoms. The van der Waals surface area contributed by atoms with Gasteiger partial charge in [0.1, 0.15) is 17.5 Å². The van der Waals surface area contributed by atoms with E-state index in [2.05, 4.69) is 21.4 Å². The number of nitriles is 1. The number of anilines is 1. The molecule has 2 aromatic rings. The van der Waals surface area contributed by atoms with E-state index < -0.39 is 0 Å². The molecule has 1 fully saturated rings. The molecule has 118 valence electrons. The molecule has 0 aliphatic carbocycles. The number of nitrogens with one attached hydrogen (secondary N) is 1. The van der Waals surface area contributed by atoms with Crippen molar-refractivity contribution in [1.82, 2.24) is 9.97 Å². The monoisotopic (exact) mass is 326 g/mol. The van der Waals surface area contributed by atoms with Gasteiger partial charge in [0.25, 0.3) is 0 Å². The number of aromatic nitrogens is 2. The molecule has 1 N–H and O–H groups in total. The molecule has 5 nitrogen and oxygen atoms in total. The van der Waals surface area contributed by atoms with E-state index in [4.69, 9.17) is 4.74 Å². The average molecular weight is 326 g/mol. The minimum atomic E-state index is 0.189. The summed E-state index contributed by atoms with van der Waals surface area (Å²) in [5.41, 5.74) is 2.07. The molecule has 3 rings (SSSR count). The van der Waals surface area contributed by atoms with E-state index in [1.807, 2.05) is 36.6 Å². The standard InChI is InChI=1S/C17H18N4OS/c1-23-17-20-15(12-6-3-2-4-7-12)14(10-18)16(21-17)19-11-13-8-5-9-22-13/h2-4,6-7,13H,5,8-9,11H2,1H3,(H,19,20,21). The zero-order chi connectivity index (χ0) is 16.1. The van der Waals surface area contributed by atoms with E-state index in [0.717, 1.165) is 25.0 Å². The first kappa shape index (κ1) is 15.8. The fraction of sp³-hybridized carbons (Fsp3) is 0.353. The predicted molar refractivity (Wildman–Crippen MR) is 91.4 cm³/mol. The van der Waals surface area contributed by atoms with Crippen molar-refractivity contribution in [3.63, 3.8) is 0 Å². The summed E-state index contributed by atoms with van der Waals surface area (Å²) in [5.74, 6) is 0.584. The van der Waals surface area contributed by atoms with E-state index in [-0.39, 0.29) is 6.10 Å². The van der Waals surface area contributed by atoms with Crippen molar-refractivity contribution in [3.05, 3.63) is 35.9 Å². The first-order valence-corrected chi connectivity index (χ1v) is 8.81. The third-order valence-electron chi connectivity index (χ3n) is 3.75. The third-order valence-corrected chi connectivity index (χ3v) is 4.30. The van der Waals surface area contributed by atoms with Crippen LogP contribution in [-0.2, 0) is 4.74 Å². The van der Waals surface area contributed by atoms with Gasteiger partial charge in [-0.15, -0.1) is 0 Å². The second-order valence-electron chi connectivity index (χ2n) is 5.28. The van der Waals surface area contributed by atoms with Crippen molar-refractivity contribution in [1.29, 1.82) is 5.26 Å². The molecule has 0 saturated carbocycles. The highest BCUT2D eigenvalue weighted by Gasteiger charge is 2.19. The number of benzene rings is 1. The molecule has 1 aromatic heterocycles. The normalized spacial score (nSPS) is 17.0. The van der Waals surface area contributed by atoms with Gasteiger partial charge in [0.15, 0.2) is 5.16 Å². The molecule has 23 heavy (non-hydrogen) atoms. The lowest BCUT2D eigenvalue weighted by molar-refractivity contribution is 0.120. The Morgan fingerprint density at radius 1 is 1.35 bits per heavy atom. The first-order valence-electron chi connectivity index (χ1n) is 7.59. The quantitative estimate of drug-likeness (QED) is 0.671. The Bertz CT molecular complexity index is 709. The van der Waals surface area contributed by atoms with Crippen LogP contribution in [0, 0.1) is 11.3 Å². The summed E-state index contributed by atoms with van der Waals surface area (Å²) in [4.78, 5) is 9.00. The van der Waals surface area contributed by atoms with Gasteiger partial charge >= 0.3 is 0 Å². The van der Waals surface area contributed by atoms with Crippen LogP contribution >= 0.6 is 11.8 Å². The van der Waals surface area contributed by atoms with Crippen LogP contribution in [0.25, 0.3) is 11.3 Å². The van der Waals surface area contributed by atoms with Gasteiger partial charge in [-0.25, -0.2) is 9.97 Å². The highest BCUT2D eigenvalue weighted by atomic mass is 32.2. The molecule has 1 aliphatic rings. The highest BCUT2D eigenvalue weighted by molar-refractivity contribution is 7.98. The van der Waals surface area contributed by atoms with Crippen molar-refractivity contribution in [2.24, 2.45) is 0 Å². The molecule has 1 saturated heterocycles. The van der Waals surface area contributed by atoms with Crippen LogP contribution in [0.4, 0.5) is 5.82 Å². The molecule has 2 heterocycles. The zero-order valence-corrected chi connectivity index (χ0v) is 13.8. The summed E-state index contributed by atoms with van der Waals surface area (Å²) in [7, 11) is 0. The van der Waals surface area contributed by atoms with Crippen LogP contribution < -0.4 is 5.32 Å². The third kappa shape index (κ3) is 3.63. The summed E-state index contributed by atoms with van der Waals surface area (Å²) in [6.45, 7) is 1.47. The number of thioether (sulfide) groups is 1. The van der Waals surface area contributed by atoms with Crippen LogP contribution in [0.2, 0.25) is 0 Å². The summed E-state index contributed by atoms with van der Waals surface area (Å²) in [5, 5.41) is 13.5. The lowest BCUT2D eigenvalue weighted by atomic mass is 10.1. The molecule has 6 heteroatoms. The topological polar surface area (TPSA) is 70.8 Å². The molecular formula is C17H18N4OS. The Morgan fingerprint density at radius 2 is 2.17 bits per heavy atom. The predicted octanol–water partition coefficient (Wildman–Crippen LogP) is 3.33. The van der Waals surface area contributed by atoms with E-state index in [1.54, 1.807) is 0 Å². The van der Waals surface area contributed by atoms with Crippen molar-refractivity contribution in [3.8, 4) is 17.3 Å². The van der Waals surface area contributed by atoms with E-state index >= 15 is 0 Å². The fourth-order valence-electron chi connectivity index (χ4n) is 2.59. The first-order chi connectivity index (χ1) is 11.3. The average Bonchev–Trinajstić information content (AvgIpc) is 3.13. The van der Waals surface area contributed by atoms with Gasteiger partial charge in [-0.2, -0.15) is 5.26 Å². The Balaban J connectivity index is 1.95. The number of nitrogens with zero attached hydrogens (tertiary/aromatic N) is 3. The molecule has 0 bridgehead atoms. The number of ether oxygens (including phenoxy) is 1. The van der Waals surface area contributed by atoms with Gasteiger partial charge in [0.05, 0.1) is 11.8 Å². The van der Waals surface area contributed by atoms with Gasteiger partial charge in [0.2, 0.25) is 0 Å². The smallest absolute Gasteiger partial charge is 0.189 e. The second kappa shape index (κ2) is 7.44. The molecular weight excluding hydrogens is 308 g/mol. The maximum atomic E-state index is 9.61. The second-order valence-corrected chi connectivity index (χ2v) is 6.05. The van der Waals surface area contributed by atoms with Crippen LogP contribution in [0.3, 0.4) is 0 Å². The molecule has 0 radical (unpaired) electrons. The minimum Gasteiger partial charge on any atom is -0.376 e. The van der Waals surface area contributed by atoms with Crippen molar-refractivity contribution < 1.29 is 4.74 Å². The Morgan fingerprint density at radius 3 is 2.83 bits per heavy atom. The molecule has 0 amide bonds.